The van der Waals surface area contributed by atoms with E-state index in [2.05, 4.69) is 155 Å². The Balaban J connectivity index is 1.09. The monoisotopic (exact) mass is 719 g/mol. The first kappa shape index (κ1) is 31.9. The molecule has 1 aliphatic rings. The summed E-state index contributed by atoms with van der Waals surface area (Å²) in [6.07, 6.45) is -0.265. The molecule has 0 saturated carbocycles. The van der Waals surface area contributed by atoms with E-state index in [1.54, 1.807) is 0 Å². The van der Waals surface area contributed by atoms with Crippen LogP contribution in [0.25, 0.3) is 71.9 Å². The zero-order valence-electron chi connectivity index (χ0n) is 30.2. The summed E-state index contributed by atoms with van der Waals surface area (Å²) in [5, 5.41) is 6.59. The molecule has 0 saturated heterocycles. The molecule has 0 spiro atoms. The van der Waals surface area contributed by atoms with E-state index in [9.17, 15) is 0 Å². The second-order valence-electron chi connectivity index (χ2n) is 14.0. The lowest BCUT2D eigenvalue weighted by molar-refractivity contribution is 0.674. The number of para-hydroxylation sites is 3. The minimum Gasteiger partial charge on any atom is -0.453 e. The van der Waals surface area contributed by atoms with Crippen molar-refractivity contribution in [2.75, 3.05) is 0 Å². The summed E-state index contributed by atoms with van der Waals surface area (Å²) >= 11 is 0. The summed E-state index contributed by atoms with van der Waals surface area (Å²) in [6.45, 7) is 0. The van der Waals surface area contributed by atoms with Gasteiger partial charge in [0, 0.05) is 33.2 Å². The van der Waals surface area contributed by atoms with E-state index in [1.165, 1.54) is 0 Å². The standard InChI is InChI=1S/C50H33N5O/c1-4-16-33(17-5-1)48-52-49(34-18-6-2-7-19-34)54-50(53-48)35-30-28-32(29-31-35)37-22-10-11-23-38(37)44-43-45-47(56-46(43)39-24-12-14-26-41(39)51-44)40-25-13-15-27-42(40)55(45)36-20-8-3-9-21-36/h1-31,48H,(H,52,53,54). The maximum absolute atomic E-state index is 6.96. The van der Waals surface area contributed by atoms with Crippen LogP contribution < -0.4 is 5.32 Å². The van der Waals surface area contributed by atoms with Gasteiger partial charge in [-0.2, -0.15) is 0 Å². The lowest BCUT2D eigenvalue weighted by atomic mass is 9.94. The van der Waals surface area contributed by atoms with Crippen LogP contribution in [0, 0.1) is 0 Å². The summed E-state index contributed by atoms with van der Waals surface area (Å²) in [5.41, 5.74) is 12.8. The van der Waals surface area contributed by atoms with Gasteiger partial charge < -0.3 is 14.3 Å². The highest BCUT2D eigenvalue weighted by Crippen LogP contribution is 2.46. The number of hydrogen-bond donors (Lipinski definition) is 1. The summed E-state index contributed by atoms with van der Waals surface area (Å²) in [5.74, 6) is 1.48. The maximum Gasteiger partial charge on any atom is 0.161 e. The van der Waals surface area contributed by atoms with Gasteiger partial charge in [-0.05, 0) is 53.1 Å². The van der Waals surface area contributed by atoms with Crippen molar-refractivity contribution < 1.29 is 4.42 Å². The van der Waals surface area contributed by atoms with Gasteiger partial charge in [-0.25, -0.2) is 15.0 Å². The number of hydrogen-bond acceptors (Lipinski definition) is 5. The maximum atomic E-state index is 6.96. The lowest BCUT2D eigenvalue weighted by Gasteiger charge is -2.23. The van der Waals surface area contributed by atoms with Gasteiger partial charge in [0.2, 0.25) is 0 Å². The molecule has 0 amide bonds. The Morgan fingerprint density at radius 2 is 1.14 bits per heavy atom. The summed E-state index contributed by atoms with van der Waals surface area (Å²) < 4.78 is 9.28. The van der Waals surface area contributed by atoms with Crippen molar-refractivity contribution in [1.29, 1.82) is 0 Å². The number of furan rings is 1. The van der Waals surface area contributed by atoms with Crippen LogP contribution >= 0.6 is 0 Å². The molecule has 6 nitrogen and oxygen atoms in total. The lowest BCUT2D eigenvalue weighted by Crippen LogP contribution is -2.33. The Labute approximate surface area is 322 Å². The third-order valence-corrected chi connectivity index (χ3v) is 10.7. The third-order valence-electron chi connectivity index (χ3n) is 10.7. The van der Waals surface area contributed by atoms with Crippen molar-refractivity contribution in [3.05, 3.63) is 205 Å². The van der Waals surface area contributed by atoms with Crippen LogP contribution in [0.1, 0.15) is 22.9 Å². The zero-order valence-corrected chi connectivity index (χ0v) is 30.2. The molecule has 6 heteroatoms. The fourth-order valence-electron chi connectivity index (χ4n) is 8.06. The van der Waals surface area contributed by atoms with Gasteiger partial charge in [-0.15, -0.1) is 0 Å². The molecule has 56 heavy (non-hydrogen) atoms. The van der Waals surface area contributed by atoms with Gasteiger partial charge in [-0.1, -0.05) is 152 Å². The molecule has 1 unspecified atom stereocenters. The van der Waals surface area contributed by atoms with Crippen LogP contribution in [0.2, 0.25) is 0 Å². The number of rotatable bonds is 6. The Bertz CT molecular complexity index is 3140. The highest BCUT2D eigenvalue weighted by Gasteiger charge is 2.26. The third kappa shape index (κ3) is 5.22. The molecule has 1 atom stereocenters. The van der Waals surface area contributed by atoms with E-state index in [0.717, 1.165) is 94.5 Å². The smallest absolute Gasteiger partial charge is 0.161 e. The molecule has 10 aromatic rings. The molecule has 1 N–H and O–H groups in total. The molecule has 1 aliphatic heterocycles. The number of nitrogens with one attached hydrogen (secondary N) is 1. The Kier molecular flexibility index (Phi) is 7.45. The van der Waals surface area contributed by atoms with Crippen molar-refractivity contribution in [3.8, 4) is 28.1 Å². The van der Waals surface area contributed by atoms with Gasteiger partial charge in [0.25, 0.3) is 0 Å². The molecule has 4 heterocycles. The molecule has 7 aromatic carbocycles. The van der Waals surface area contributed by atoms with E-state index in [-0.39, 0.29) is 6.17 Å². The largest absolute Gasteiger partial charge is 0.453 e. The topological polar surface area (TPSA) is 67.7 Å². The minimum atomic E-state index is -0.265. The predicted molar refractivity (Wildman–Crippen MR) is 229 cm³/mol. The van der Waals surface area contributed by atoms with Gasteiger partial charge in [0.1, 0.15) is 23.1 Å². The van der Waals surface area contributed by atoms with Crippen LogP contribution in [0.3, 0.4) is 0 Å². The van der Waals surface area contributed by atoms with Crippen molar-refractivity contribution >= 4 is 55.5 Å². The van der Waals surface area contributed by atoms with Gasteiger partial charge >= 0.3 is 0 Å². The fraction of sp³-hybridized carbons (Fsp3) is 0.0200. The number of fused-ring (bicyclic) bond motifs is 7. The first-order valence-electron chi connectivity index (χ1n) is 18.8. The number of benzene rings is 7. The van der Waals surface area contributed by atoms with E-state index in [1.807, 2.05) is 42.5 Å². The summed E-state index contributed by atoms with van der Waals surface area (Å²) in [7, 11) is 0. The quantitative estimate of drug-likeness (QED) is 0.186. The average molecular weight is 720 g/mol. The van der Waals surface area contributed by atoms with Crippen molar-refractivity contribution in [2.24, 2.45) is 9.98 Å². The summed E-state index contributed by atoms with van der Waals surface area (Å²) in [4.78, 5) is 15.6. The normalized spacial score (nSPS) is 14.2. The number of aliphatic imine (C=N–C) groups is 2. The molecular formula is C50H33N5O. The number of pyridine rings is 1. The molecule has 11 rings (SSSR count). The van der Waals surface area contributed by atoms with Crippen molar-refractivity contribution in [1.82, 2.24) is 14.9 Å². The molecule has 0 radical (unpaired) electrons. The SMILES string of the molecule is c1ccc(C2=NC(c3ccc(-c4ccccc4-c4nc5ccccc5c5oc6c7ccccc7n(-c7ccccc7)c6c45)cc3)=NC(c3ccccc3)N2)cc1. The zero-order chi connectivity index (χ0) is 37.0. The van der Waals surface area contributed by atoms with Crippen LogP contribution in [0.5, 0.6) is 0 Å². The fourth-order valence-corrected chi connectivity index (χ4v) is 8.06. The number of amidine groups is 2. The number of aromatic nitrogens is 2. The molecule has 264 valence electrons. The summed E-state index contributed by atoms with van der Waals surface area (Å²) in [6, 6.07) is 64.9. The minimum absolute atomic E-state index is 0.265. The van der Waals surface area contributed by atoms with Crippen LogP contribution in [-0.4, -0.2) is 21.2 Å². The Morgan fingerprint density at radius 1 is 0.518 bits per heavy atom. The van der Waals surface area contributed by atoms with Gasteiger partial charge in [0.15, 0.2) is 11.4 Å². The highest BCUT2D eigenvalue weighted by molar-refractivity contribution is 6.24. The van der Waals surface area contributed by atoms with E-state index >= 15 is 0 Å². The van der Waals surface area contributed by atoms with E-state index < -0.39 is 0 Å². The first-order valence-corrected chi connectivity index (χ1v) is 18.8. The van der Waals surface area contributed by atoms with Crippen molar-refractivity contribution in [3.63, 3.8) is 0 Å². The van der Waals surface area contributed by atoms with Gasteiger partial charge in [0.05, 0.1) is 22.1 Å². The molecule has 0 aliphatic carbocycles. The Hall–Kier alpha value is -7.57. The Morgan fingerprint density at radius 3 is 1.93 bits per heavy atom. The first-order chi connectivity index (χ1) is 27.8. The number of nitrogens with zero attached hydrogens (tertiary/aromatic N) is 4. The highest BCUT2D eigenvalue weighted by atomic mass is 16.3. The van der Waals surface area contributed by atoms with E-state index in [0.29, 0.717) is 5.84 Å². The van der Waals surface area contributed by atoms with Gasteiger partial charge in [-0.3, -0.25) is 0 Å². The predicted octanol–water partition coefficient (Wildman–Crippen LogP) is 11.9. The molecule has 0 fully saturated rings. The van der Waals surface area contributed by atoms with E-state index in [4.69, 9.17) is 19.4 Å². The molecule has 3 aromatic heterocycles. The van der Waals surface area contributed by atoms with Crippen LogP contribution in [0.4, 0.5) is 0 Å². The molecule has 0 bridgehead atoms. The second-order valence-corrected chi connectivity index (χ2v) is 14.0. The van der Waals surface area contributed by atoms with Crippen LogP contribution in [-0.2, 0) is 0 Å². The average Bonchev–Trinajstić information content (AvgIpc) is 3.82. The van der Waals surface area contributed by atoms with Crippen molar-refractivity contribution in [2.45, 2.75) is 6.17 Å². The molecular weight excluding hydrogens is 687 g/mol. The van der Waals surface area contributed by atoms with Crippen LogP contribution in [0.15, 0.2) is 202 Å². The second kappa shape index (κ2) is 13.1.